The number of nitrogens with one attached hydrogen (secondary N) is 1. The van der Waals surface area contributed by atoms with E-state index in [9.17, 15) is 31.7 Å². The number of nitriles is 1. The van der Waals surface area contributed by atoms with Gasteiger partial charge in [-0.05, 0) is 37.4 Å². The van der Waals surface area contributed by atoms with Gasteiger partial charge in [0, 0.05) is 11.0 Å². The molecule has 1 N–H and O–H groups in total. The molecule has 0 spiro atoms. The third kappa shape index (κ3) is 4.57. The Morgan fingerprint density at radius 2 is 1.89 bits per heavy atom. The Kier molecular flexibility index (Phi) is 5.79. The number of nitro benzene ring substituents is 1. The topological polar surface area (TPSA) is 113 Å². The Morgan fingerprint density at radius 3 is 2.41 bits per heavy atom. The summed E-state index contributed by atoms with van der Waals surface area (Å²) in [5, 5.41) is 20.1. The maximum atomic E-state index is 13.0. The number of nitro groups is 1. The second kappa shape index (κ2) is 7.55. The number of nitrogens with zero attached hydrogens (tertiary/aromatic N) is 2. The third-order valence-corrected chi connectivity index (χ3v) is 5.82. The third-order valence-electron chi connectivity index (χ3n) is 3.35. The number of halogens is 3. The highest BCUT2D eigenvalue weighted by Gasteiger charge is 2.34. The Labute approximate surface area is 156 Å². The fourth-order valence-electron chi connectivity index (χ4n) is 2.06. The first-order valence-electron chi connectivity index (χ1n) is 7.01. The van der Waals surface area contributed by atoms with Gasteiger partial charge in [0.1, 0.15) is 0 Å². The van der Waals surface area contributed by atoms with Crippen molar-refractivity contribution in [2.45, 2.75) is 20.9 Å². The summed E-state index contributed by atoms with van der Waals surface area (Å²) in [7, 11) is -2.79. The molecule has 0 atom stereocenters. The van der Waals surface area contributed by atoms with E-state index in [4.69, 9.17) is 5.26 Å². The summed E-state index contributed by atoms with van der Waals surface area (Å²) in [5.41, 5.74) is -2.31. The van der Waals surface area contributed by atoms with Crippen molar-refractivity contribution < 1.29 is 26.5 Å². The highest BCUT2D eigenvalue weighted by atomic mass is 32.2. The molecule has 142 valence electrons. The molecule has 2 rings (SSSR count). The van der Waals surface area contributed by atoms with Crippen molar-refractivity contribution in [3.8, 4) is 6.07 Å². The maximum Gasteiger partial charge on any atom is 0.417 e. The van der Waals surface area contributed by atoms with Crippen LogP contribution in [0.2, 0.25) is 0 Å². The number of rotatable bonds is 5. The second-order valence-corrected chi connectivity index (χ2v) is 8.02. The molecule has 0 radical (unpaired) electrons. The zero-order valence-electron chi connectivity index (χ0n) is 13.4. The van der Waals surface area contributed by atoms with Gasteiger partial charge in [0.25, 0.3) is 5.69 Å². The van der Waals surface area contributed by atoms with E-state index in [0.29, 0.717) is 17.8 Å². The Morgan fingerprint density at radius 1 is 1.22 bits per heavy atom. The van der Waals surface area contributed by atoms with Gasteiger partial charge in [-0.15, -0.1) is 0 Å². The average molecular weight is 417 g/mol. The van der Waals surface area contributed by atoms with Crippen LogP contribution in [-0.4, -0.2) is 20.4 Å². The van der Waals surface area contributed by atoms with Crippen LogP contribution in [0.25, 0.3) is 0 Å². The predicted molar refractivity (Wildman–Crippen MR) is 89.6 cm³/mol. The van der Waals surface area contributed by atoms with Gasteiger partial charge in [0.15, 0.2) is 0 Å². The Balaban J connectivity index is 2.52. The van der Waals surface area contributed by atoms with Crippen molar-refractivity contribution >= 4 is 27.5 Å². The highest BCUT2D eigenvalue weighted by Crippen LogP contribution is 2.39. The van der Waals surface area contributed by atoms with Gasteiger partial charge in [0.2, 0.25) is 10.0 Å². The summed E-state index contributed by atoms with van der Waals surface area (Å²) < 4.78 is 64.7. The normalized spacial score (nSPS) is 11.8. The zero-order chi connectivity index (χ0) is 20.4. The number of hydrogen-bond donors (Lipinski definition) is 1. The van der Waals surface area contributed by atoms with Crippen molar-refractivity contribution in [3.63, 3.8) is 0 Å². The van der Waals surface area contributed by atoms with Gasteiger partial charge < -0.3 is 0 Å². The summed E-state index contributed by atoms with van der Waals surface area (Å²) in [4.78, 5) is 10.0. The molecule has 0 fully saturated rings. The SMILES string of the molecule is CNS(=O)(=O)c1ccc(Sc2ccc(C#N)c(C(F)(F)F)c2)c([N+](=O)[O-])c1. The van der Waals surface area contributed by atoms with E-state index in [1.54, 1.807) is 0 Å². The lowest BCUT2D eigenvalue weighted by atomic mass is 10.1. The van der Waals surface area contributed by atoms with Crippen molar-refractivity contribution in [2.75, 3.05) is 7.05 Å². The Hall–Kier alpha value is -2.62. The quantitative estimate of drug-likeness (QED) is 0.588. The monoisotopic (exact) mass is 417 g/mol. The first-order chi connectivity index (χ1) is 12.5. The molecular formula is C15H10F3N3O4S2. The smallest absolute Gasteiger partial charge is 0.258 e. The lowest BCUT2D eigenvalue weighted by molar-refractivity contribution is -0.388. The van der Waals surface area contributed by atoms with Crippen LogP contribution in [0, 0.1) is 21.4 Å². The number of hydrogen-bond acceptors (Lipinski definition) is 6. The van der Waals surface area contributed by atoms with Crippen LogP contribution in [0.15, 0.2) is 51.1 Å². The number of benzene rings is 2. The molecule has 2 aromatic carbocycles. The van der Waals surface area contributed by atoms with Gasteiger partial charge in [-0.3, -0.25) is 10.1 Å². The molecule has 0 aliphatic rings. The highest BCUT2D eigenvalue weighted by molar-refractivity contribution is 7.99. The minimum atomic E-state index is -4.77. The molecule has 0 aliphatic carbocycles. The summed E-state index contributed by atoms with van der Waals surface area (Å²) in [6, 6.07) is 7.41. The molecule has 0 aromatic heterocycles. The van der Waals surface area contributed by atoms with E-state index < -0.39 is 37.9 Å². The van der Waals surface area contributed by atoms with Crippen molar-refractivity contribution in [1.82, 2.24) is 4.72 Å². The molecule has 12 heteroatoms. The van der Waals surface area contributed by atoms with Gasteiger partial charge in [-0.25, -0.2) is 13.1 Å². The van der Waals surface area contributed by atoms with Crippen LogP contribution >= 0.6 is 11.8 Å². The van der Waals surface area contributed by atoms with Crippen molar-refractivity contribution in [3.05, 3.63) is 57.6 Å². The summed E-state index contributed by atoms with van der Waals surface area (Å²) in [5.74, 6) is 0. The van der Waals surface area contributed by atoms with Crippen LogP contribution in [0.4, 0.5) is 18.9 Å². The zero-order valence-corrected chi connectivity index (χ0v) is 15.1. The largest absolute Gasteiger partial charge is 0.417 e. The molecular weight excluding hydrogens is 407 g/mol. The molecule has 0 saturated carbocycles. The van der Waals surface area contributed by atoms with Crippen LogP contribution in [0.5, 0.6) is 0 Å². The first kappa shape index (κ1) is 20.7. The fraction of sp³-hybridized carbons (Fsp3) is 0.133. The van der Waals surface area contributed by atoms with E-state index in [-0.39, 0.29) is 14.7 Å². The number of sulfonamides is 1. The minimum absolute atomic E-state index is 0.00801. The van der Waals surface area contributed by atoms with Gasteiger partial charge >= 0.3 is 6.18 Å². The number of alkyl halides is 3. The van der Waals surface area contributed by atoms with Crippen LogP contribution < -0.4 is 4.72 Å². The van der Waals surface area contributed by atoms with Gasteiger partial charge in [-0.1, -0.05) is 11.8 Å². The minimum Gasteiger partial charge on any atom is -0.258 e. The van der Waals surface area contributed by atoms with E-state index in [2.05, 4.69) is 0 Å². The molecule has 27 heavy (non-hydrogen) atoms. The van der Waals surface area contributed by atoms with Crippen molar-refractivity contribution in [1.29, 1.82) is 5.26 Å². The average Bonchev–Trinajstić information content (AvgIpc) is 2.60. The maximum absolute atomic E-state index is 13.0. The second-order valence-electron chi connectivity index (χ2n) is 5.01. The fourth-order valence-corrected chi connectivity index (χ4v) is 3.75. The summed E-state index contributed by atoms with van der Waals surface area (Å²) in [6.45, 7) is 0. The van der Waals surface area contributed by atoms with Crippen LogP contribution in [0.3, 0.4) is 0 Å². The summed E-state index contributed by atoms with van der Waals surface area (Å²) in [6.07, 6.45) is -4.77. The van der Waals surface area contributed by atoms with Crippen LogP contribution in [-0.2, 0) is 16.2 Å². The van der Waals surface area contributed by atoms with E-state index in [0.717, 1.165) is 31.3 Å². The molecule has 0 heterocycles. The van der Waals surface area contributed by atoms with Gasteiger partial charge in [-0.2, -0.15) is 18.4 Å². The standard InChI is InChI=1S/C15H10F3N3O4S2/c1-20-27(24,25)11-4-5-14(13(7-11)21(22)23)26-10-3-2-9(8-19)12(6-10)15(16,17)18/h2-7,20H,1H3. The molecule has 0 aliphatic heterocycles. The molecule has 0 saturated heterocycles. The summed E-state index contributed by atoms with van der Waals surface area (Å²) >= 11 is 0.653. The van der Waals surface area contributed by atoms with E-state index in [1.807, 2.05) is 4.72 Å². The van der Waals surface area contributed by atoms with E-state index >= 15 is 0 Å². The predicted octanol–water partition coefficient (Wildman–Crippen LogP) is 3.54. The first-order valence-corrected chi connectivity index (χ1v) is 9.30. The van der Waals surface area contributed by atoms with E-state index in [1.165, 1.54) is 12.1 Å². The molecule has 0 unspecified atom stereocenters. The Bertz CT molecular complexity index is 1050. The van der Waals surface area contributed by atoms with Crippen molar-refractivity contribution in [2.24, 2.45) is 0 Å². The molecule has 0 bridgehead atoms. The van der Waals surface area contributed by atoms with Gasteiger partial charge in [0.05, 0.1) is 31.9 Å². The lowest BCUT2D eigenvalue weighted by Gasteiger charge is -2.11. The molecule has 2 aromatic rings. The van der Waals surface area contributed by atoms with Crippen LogP contribution in [0.1, 0.15) is 11.1 Å². The molecule has 0 amide bonds. The molecule has 7 nitrogen and oxygen atoms in total. The lowest BCUT2D eigenvalue weighted by Crippen LogP contribution is -2.18.